The molecule has 124 valence electrons. The monoisotopic (exact) mass is 330 g/mol. The first-order chi connectivity index (χ1) is 12.2. The number of nitrogens with zero attached hydrogens (tertiary/aromatic N) is 2. The minimum absolute atomic E-state index is 0.162. The number of benzene rings is 2. The van der Waals surface area contributed by atoms with Crippen molar-refractivity contribution in [3.8, 4) is 11.3 Å². The Morgan fingerprint density at radius 1 is 1.04 bits per heavy atom. The average molecular weight is 330 g/mol. The van der Waals surface area contributed by atoms with Gasteiger partial charge in [0.15, 0.2) is 0 Å². The second kappa shape index (κ2) is 6.06. The summed E-state index contributed by atoms with van der Waals surface area (Å²) in [6.45, 7) is 0. The highest BCUT2D eigenvalue weighted by atomic mass is 16.5. The smallest absolute Gasteiger partial charge is 0.311 e. The Balaban J connectivity index is 2.08. The summed E-state index contributed by atoms with van der Waals surface area (Å²) in [5, 5.41) is 2.26. The van der Waals surface area contributed by atoms with E-state index < -0.39 is 0 Å². The largest absolute Gasteiger partial charge is 0.469 e. The van der Waals surface area contributed by atoms with Gasteiger partial charge in [-0.2, -0.15) is 0 Å². The molecule has 4 nitrogen and oxygen atoms in total. The lowest BCUT2D eigenvalue weighted by atomic mass is 10.1. The zero-order valence-corrected chi connectivity index (χ0v) is 14.2. The number of para-hydroxylation sites is 1. The molecule has 0 saturated heterocycles. The summed E-state index contributed by atoms with van der Waals surface area (Å²) in [5.41, 5.74) is 4.85. The van der Waals surface area contributed by atoms with Crippen molar-refractivity contribution in [2.24, 2.45) is 7.05 Å². The van der Waals surface area contributed by atoms with Crippen LogP contribution in [0.4, 0.5) is 0 Å². The van der Waals surface area contributed by atoms with E-state index in [1.165, 1.54) is 7.11 Å². The summed E-state index contributed by atoms with van der Waals surface area (Å²) in [4.78, 5) is 16.6. The van der Waals surface area contributed by atoms with Crippen molar-refractivity contribution in [1.82, 2.24) is 9.55 Å². The molecule has 0 spiro atoms. The van der Waals surface area contributed by atoms with Gasteiger partial charge in [0.05, 0.1) is 30.4 Å². The molecule has 2 aromatic carbocycles. The number of hydrogen-bond acceptors (Lipinski definition) is 3. The Labute approximate surface area is 145 Å². The van der Waals surface area contributed by atoms with E-state index in [0.29, 0.717) is 0 Å². The quantitative estimate of drug-likeness (QED) is 0.531. The van der Waals surface area contributed by atoms with E-state index in [1.54, 1.807) is 0 Å². The van der Waals surface area contributed by atoms with Gasteiger partial charge in [-0.3, -0.25) is 4.79 Å². The van der Waals surface area contributed by atoms with Crippen LogP contribution in [0.25, 0.3) is 33.1 Å². The van der Waals surface area contributed by atoms with Gasteiger partial charge in [-0.1, -0.05) is 48.5 Å². The predicted molar refractivity (Wildman–Crippen MR) is 99.4 cm³/mol. The first-order valence-corrected chi connectivity index (χ1v) is 8.18. The van der Waals surface area contributed by atoms with Crippen LogP contribution < -0.4 is 0 Å². The lowest BCUT2D eigenvalue weighted by Crippen LogP contribution is -2.07. The number of esters is 1. The number of rotatable bonds is 3. The summed E-state index contributed by atoms with van der Waals surface area (Å²) in [6, 6.07) is 20.3. The molecule has 0 unspecified atom stereocenters. The normalized spacial score (nSPS) is 11.1. The van der Waals surface area contributed by atoms with Crippen molar-refractivity contribution in [3.05, 3.63) is 66.4 Å². The van der Waals surface area contributed by atoms with E-state index >= 15 is 0 Å². The first-order valence-electron chi connectivity index (χ1n) is 8.18. The Morgan fingerprint density at radius 2 is 1.76 bits per heavy atom. The lowest BCUT2D eigenvalue weighted by Gasteiger charge is -2.09. The van der Waals surface area contributed by atoms with Crippen molar-refractivity contribution in [3.63, 3.8) is 0 Å². The van der Waals surface area contributed by atoms with Gasteiger partial charge in [0.1, 0.15) is 0 Å². The number of carbonyl (C=O) groups is 1. The van der Waals surface area contributed by atoms with Crippen LogP contribution in [0.3, 0.4) is 0 Å². The molecule has 2 heterocycles. The van der Waals surface area contributed by atoms with E-state index in [0.717, 1.165) is 38.8 Å². The van der Waals surface area contributed by atoms with Crippen molar-refractivity contribution in [1.29, 1.82) is 0 Å². The third-order valence-corrected chi connectivity index (χ3v) is 4.54. The highest BCUT2D eigenvalue weighted by molar-refractivity contribution is 6.12. The zero-order chi connectivity index (χ0) is 17.4. The maximum atomic E-state index is 11.8. The van der Waals surface area contributed by atoms with Gasteiger partial charge < -0.3 is 9.30 Å². The Kier molecular flexibility index (Phi) is 3.73. The van der Waals surface area contributed by atoms with Crippen LogP contribution in [-0.2, 0) is 23.0 Å². The number of methoxy groups -OCH3 is 1. The second-order valence-electron chi connectivity index (χ2n) is 6.05. The molecule has 2 aromatic heterocycles. The van der Waals surface area contributed by atoms with Crippen LogP contribution in [0.5, 0.6) is 0 Å². The maximum Gasteiger partial charge on any atom is 0.311 e. The molecule has 0 fully saturated rings. The Hall–Kier alpha value is -3.14. The molecule has 0 aliphatic rings. The summed E-state index contributed by atoms with van der Waals surface area (Å²) >= 11 is 0. The molecule has 4 heteroatoms. The summed E-state index contributed by atoms with van der Waals surface area (Å²) in [5.74, 6) is -0.286. The van der Waals surface area contributed by atoms with E-state index in [-0.39, 0.29) is 12.4 Å². The van der Waals surface area contributed by atoms with E-state index in [1.807, 2.05) is 48.5 Å². The van der Waals surface area contributed by atoms with Crippen LogP contribution in [0.1, 0.15) is 5.69 Å². The fourth-order valence-electron chi connectivity index (χ4n) is 3.36. The lowest BCUT2D eigenvalue weighted by molar-refractivity contribution is -0.139. The van der Waals surface area contributed by atoms with Crippen LogP contribution >= 0.6 is 0 Å². The van der Waals surface area contributed by atoms with E-state index in [9.17, 15) is 4.79 Å². The molecule has 0 atom stereocenters. The molecule has 4 rings (SSSR count). The number of aromatic nitrogens is 2. The molecule has 4 aromatic rings. The summed E-state index contributed by atoms with van der Waals surface area (Å²) < 4.78 is 6.99. The van der Waals surface area contributed by atoms with Crippen LogP contribution in [-0.4, -0.2) is 22.6 Å². The topological polar surface area (TPSA) is 44.1 Å². The first kappa shape index (κ1) is 15.4. The van der Waals surface area contributed by atoms with Crippen LogP contribution in [0, 0.1) is 0 Å². The van der Waals surface area contributed by atoms with Gasteiger partial charge in [0, 0.05) is 28.9 Å². The number of aryl methyl sites for hydroxylation is 1. The molecular weight excluding hydrogens is 312 g/mol. The van der Waals surface area contributed by atoms with Crippen molar-refractivity contribution in [2.75, 3.05) is 7.11 Å². The minimum Gasteiger partial charge on any atom is -0.469 e. The average Bonchev–Trinajstić information content (AvgIpc) is 2.95. The van der Waals surface area contributed by atoms with Crippen LogP contribution in [0.15, 0.2) is 60.7 Å². The van der Waals surface area contributed by atoms with Crippen molar-refractivity contribution in [2.45, 2.75) is 6.42 Å². The fourth-order valence-corrected chi connectivity index (χ4v) is 3.36. The minimum atomic E-state index is -0.286. The van der Waals surface area contributed by atoms with Crippen molar-refractivity contribution < 1.29 is 9.53 Å². The number of hydrogen-bond donors (Lipinski definition) is 0. The van der Waals surface area contributed by atoms with Gasteiger partial charge >= 0.3 is 5.97 Å². The molecule has 25 heavy (non-hydrogen) atoms. The maximum absolute atomic E-state index is 11.8. The van der Waals surface area contributed by atoms with E-state index in [2.05, 4.69) is 23.7 Å². The van der Waals surface area contributed by atoms with Gasteiger partial charge in [-0.05, 0) is 12.1 Å². The SMILES string of the molecule is COC(=O)Cc1cc2c3ccccc3n(C)c2c(-c2ccccc2)n1. The molecule has 0 aliphatic heterocycles. The second-order valence-corrected chi connectivity index (χ2v) is 6.05. The Bertz CT molecular complexity index is 1080. The van der Waals surface area contributed by atoms with Crippen LogP contribution in [0.2, 0.25) is 0 Å². The van der Waals surface area contributed by atoms with Gasteiger partial charge in [0.2, 0.25) is 0 Å². The highest BCUT2D eigenvalue weighted by Crippen LogP contribution is 2.34. The van der Waals surface area contributed by atoms with Crippen molar-refractivity contribution >= 4 is 27.8 Å². The molecule has 0 aliphatic carbocycles. The number of ether oxygens (including phenoxy) is 1. The third kappa shape index (κ3) is 2.56. The van der Waals surface area contributed by atoms with Gasteiger partial charge in [-0.25, -0.2) is 4.98 Å². The molecule has 0 amide bonds. The molecule has 0 saturated carbocycles. The predicted octanol–water partition coefficient (Wildman–Crippen LogP) is 4.11. The van der Waals surface area contributed by atoms with Gasteiger partial charge in [0.25, 0.3) is 0 Å². The molecule has 0 N–H and O–H groups in total. The summed E-state index contributed by atoms with van der Waals surface area (Å²) in [6.07, 6.45) is 0.162. The fraction of sp³-hybridized carbons (Fsp3) is 0.143. The van der Waals surface area contributed by atoms with Gasteiger partial charge in [-0.15, -0.1) is 0 Å². The standard InChI is InChI=1S/C21H18N2O2/c1-23-18-11-7-6-10-16(18)17-12-15(13-19(24)25-2)22-20(21(17)23)14-8-4-3-5-9-14/h3-12H,13H2,1-2H3. The molecule has 0 radical (unpaired) electrons. The Morgan fingerprint density at radius 3 is 2.52 bits per heavy atom. The van der Waals surface area contributed by atoms with E-state index in [4.69, 9.17) is 9.72 Å². The molecular formula is C21H18N2O2. The molecule has 0 bridgehead atoms. The number of carbonyl (C=O) groups excluding carboxylic acids is 1. The highest BCUT2D eigenvalue weighted by Gasteiger charge is 2.17. The third-order valence-electron chi connectivity index (χ3n) is 4.54. The number of fused-ring (bicyclic) bond motifs is 3. The zero-order valence-electron chi connectivity index (χ0n) is 14.2. The number of pyridine rings is 1. The summed E-state index contributed by atoms with van der Waals surface area (Å²) in [7, 11) is 3.45.